The van der Waals surface area contributed by atoms with Gasteiger partial charge in [0.15, 0.2) is 17.7 Å². The number of hydrogen-bond acceptors (Lipinski definition) is 11. The monoisotopic (exact) mass is 501 g/mol. The lowest BCUT2D eigenvalue weighted by Gasteiger charge is -2.27. The summed E-state index contributed by atoms with van der Waals surface area (Å²) in [4.78, 5) is 34.0. The lowest BCUT2D eigenvalue weighted by atomic mass is 10.2. The summed E-state index contributed by atoms with van der Waals surface area (Å²) in [6.45, 7) is 2.24. The van der Waals surface area contributed by atoms with Crippen molar-refractivity contribution in [2.45, 2.75) is 32.2 Å². The molecule has 0 spiro atoms. The first kappa shape index (κ1) is 25.1. The molecule has 4 rings (SSSR count). The number of esters is 1. The van der Waals surface area contributed by atoms with E-state index >= 15 is 0 Å². The maximum Gasteiger partial charge on any atom is 0.337 e. The third-order valence-electron chi connectivity index (χ3n) is 5.22. The van der Waals surface area contributed by atoms with Gasteiger partial charge in [0, 0.05) is 6.54 Å². The fraction of sp³-hybridized carbons (Fsp3) is 0.409. The second-order valence-corrected chi connectivity index (χ2v) is 7.81. The molecule has 3 heterocycles. The highest BCUT2D eigenvalue weighted by Crippen LogP contribution is 2.18. The van der Waals surface area contributed by atoms with E-state index in [2.05, 4.69) is 35.4 Å². The van der Waals surface area contributed by atoms with Crippen LogP contribution in [-0.2, 0) is 32.1 Å². The molecule has 36 heavy (non-hydrogen) atoms. The molecule has 1 aliphatic heterocycles. The number of nitrogens with zero attached hydrogens (tertiary/aromatic N) is 6. The molecular formula is C22H24FN7O6. The molecule has 1 aliphatic rings. The first-order valence-corrected chi connectivity index (χ1v) is 10.9. The van der Waals surface area contributed by atoms with E-state index in [1.807, 2.05) is 0 Å². The number of methoxy groups -OCH3 is 2. The van der Waals surface area contributed by atoms with Crippen LogP contribution in [0.5, 0.6) is 5.75 Å². The SMILES string of the molecule is COC(=O)[C@@H]1CO[C@H](Cn2nnc(-c3cc(C(=O)NCc4ccc(F)c(OC)c4)nc(C)n3)n2)CO1. The average molecular weight is 501 g/mol. The molecule has 0 saturated carbocycles. The fourth-order valence-corrected chi connectivity index (χ4v) is 3.41. The molecule has 1 fully saturated rings. The number of carbonyl (C=O) groups is 2. The molecule has 3 aromatic rings. The summed E-state index contributed by atoms with van der Waals surface area (Å²) in [5, 5.41) is 15.1. The van der Waals surface area contributed by atoms with Gasteiger partial charge in [-0.25, -0.2) is 19.2 Å². The Morgan fingerprint density at radius 1 is 1.19 bits per heavy atom. The van der Waals surface area contributed by atoms with Crippen molar-refractivity contribution in [3.05, 3.63) is 47.2 Å². The summed E-state index contributed by atoms with van der Waals surface area (Å²) >= 11 is 0. The van der Waals surface area contributed by atoms with Crippen molar-refractivity contribution in [3.63, 3.8) is 0 Å². The van der Waals surface area contributed by atoms with Crippen LogP contribution in [0.3, 0.4) is 0 Å². The Labute approximate surface area is 204 Å². The number of halogens is 1. The molecule has 0 radical (unpaired) electrons. The number of amides is 1. The largest absolute Gasteiger partial charge is 0.494 e. The van der Waals surface area contributed by atoms with Crippen LogP contribution in [-0.4, -0.2) is 81.7 Å². The van der Waals surface area contributed by atoms with Crippen LogP contribution in [0.2, 0.25) is 0 Å². The minimum absolute atomic E-state index is 0.0627. The number of tetrazole rings is 1. The van der Waals surface area contributed by atoms with Gasteiger partial charge in [0.2, 0.25) is 5.82 Å². The minimum Gasteiger partial charge on any atom is -0.494 e. The van der Waals surface area contributed by atoms with E-state index < -0.39 is 23.8 Å². The van der Waals surface area contributed by atoms with Gasteiger partial charge in [-0.2, -0.15) is 4.80 Å². The summed E-state index contributed by atoms with van der Waals surface area (Å²) in [5.74, 6) is -0.810. The molecule has 2 atom stereocenters. The quantitative estimate of drug-likeness (QED) is 0.429. The van der Waals surface area contributed by atoms with Crippen molar-refractivity contribution >= 4 is 11.9 Å². The van der Waals surface area contributed by atoms with Gasteiger partial charge in [0.1, 0.15) is 23.3 Å². The number of ether oxygens (including phenoxy) is 4. The van der Waals surface area contributed by atoms with Gasteiger partial charge in [0.25, 0.3) is 5.91 Å². The van der Waals surface area contributed by atoms with Gasteiger partial charge >= 0.3 is 5.97 Å². The molecule has 0 bridgehead atoms. The third-order valence-corrected chi connectivity index (χ3v) is 5.22. The smallest absolute Gasteiger partial charge is 0.337 e. The normalized spacial score (nSPS) is 17.4. The molecule has 14 heteroatoms. The highest BCUT2D eigenvalue weighted by Gasteiger charge is 2.29. The van der Waals surface area contributed by atoms with Gasteiger partial charge in [-0.05, 0) is 35.9 Å². The number of carbonyl (C=O) groups excluding carboxylic acids is 2. The average Bonchev–Trinajstić information content (AvgIpc) is 3.36. The number of nitrogens with one attached hydrogen (secondary N) is 1. The Morgan fingerprint density at radius 2 is 2.03 bits per heavy atom. The lowest BCUT2D eigenvalue weighted by Crippen LogP contribution is -2.42. The van der Waals surface area contributed by atoms with Crippen molar-refractivity contribution in [2.24, 2.45) is 0 Å². The van der Waals surface area contributed by atoms with Gasteiger partial charge in [-0.3, -0.25) is 4.79 Å². The number of rotatable bonds is 8. The van der Waals surface area contributed by atoms with Crippen LogP contribution in [0.25, 0.3) is 11.5 Å². The van der Waals surface area contributed by atoms with E-state index in [0.717, 1.165) is 0 Å². The Bertz CT molecular complexity index is 1250. The topological polar surface area (TPSA) is 152 Å². The van der Waals surface area contributed by atoms with Crippen LogP contribution in [0.1, 0.15) is 21.9 Å². The van der Waals surface area contributed by atoms with Crippen molar-refractivity contribution in [3.8, 4) is 17.3 Å². The zero-order valence-electron chi connectivity index (χ0n) is 19.8. The number of aromatic nitrogens is 6. The Balaban J connectivity index is 1.39. The van der Waals surface area contributed by atoms with E-state index in [0.29, 0.717) is 17.1 Å². The van der Waals surface area contributed by atoms with Gasteiger partial charge in [0.05, 0.1) is 34.0 Å². The zero-order valence-corrected chi connectivity index (χ0v) is 19.8. The molecule has 2 aromatic heterocycles. The highest BCUT2D eigenvalue weighted by molar-refractivity contribution is 5.93. The lowest BCUT2D eigenvalue weighted by molar-refractivity contribution is -0.180. The summed E-state index contributed by atoms with van der Waals surface area (Å²) < 4.78 is 34.3. The Morgan fingerprint density at radius 3 is 2.75 bits per heavy atom. The number of hydrogen-bond donors (Lipinski definition) is 1. The number of aryl methyl sites for hydroxylation is 1. The van der Waals surface area contributed by atoms with E-state index in [1.54, 1.807) is 13.0 Å². The van der Waals surface area contributed by atoms with E-state index in [1.165, 1.54) is 37.2 Å². The molecule has 1 aromatic carbocycles. The number of benzene rings is 1. The van der Waals surface area contributed by atoms with Crippen molar-refractivity contribution < 1.29 is 32.9 Å². The first-order valence-electron chi connectivity index (χ1n) is 10.9. The zero-order chi connectivity index (χ0) is 25.7. The highest BCUT2D eigenvalue weighted by atomic mass is 19.1. The van der Waals surface area contributed by atoms with Crippen LogP contribution in [0, 0.1) is 12.7 Å². The predicted molar refractivity (Wildman–Crippen MR) is 119 cm³/mol. The summed E-state index contributed by atoms with van der Waals surface area (Å²) in [6.07, 6.45) is -1.14. The van der Waals surface area contributed by atoms with Gasteiger partial charge in [-0.15, -0.1) is 10.2 Å². The predicted octanol–water partition coefficient (Wildman–Crippen LogP) is 0.473. The molecule has 1 saturated heterocycles. The van der Waals surface area contributed by atoms with E-state index in [-0.39, 0.29) is 49.7 Å². The summed E-state index contributed by atoms with van der Waals surface area (Å²) in [7, 11) is 2.65. The Kier molecular flexibility index (Phi) is 7.75. The van der Waals surface area contributed by atoms with Gasteiger partial charge < -0.3 is 24.3 Å². The second-order valence-electron chi connectivity index (χ2n) is 7.81. The minimum atomic E-state index is -0.760. The molecule has 0 aliphatic carbocycles. The fourth-order valence-electron chi connectivity index (χ4n) is 3.41. The van der Waals surface area contributed by atoms with Crippen LogP contribution in [0.4, 0.5) is 4.39 Å². The van der Waals surface area contributed by atoms with Crippen molar-refractivity contribution in [2.75, 3.05) is 27.4 Å². The maximum absolute atomic E-state index is 13.6. The summed E-state index contributed by atoms with van der Waals surface area (Å²) in [6, 6.07) is 5.78. The Hall–Kier alpha value is -4.04. The summed E-state index contributed by atoms with van der Waals surface area (Å²) in [5.41, 5.74) is 1.08. The molecule has 0 unspecified atom stereocenters. The van der Waals surface area contributed by atoms with Crippen LogP contribution < -0.4 is 10.1 Å². The third kappa shape index (κ3) is 5.95. The van der Waals surface area contributed by atoms with Crippen LogP contribution in [0.15, 0.2) is 24.3 Å². The van der Waals surface area contributed by atoms with E-state index in [4.69, 9.17) is 14.2 Å². The van der Waals surface area contributed by atoms with Gasteiger partial charge in [-0.1, -0.05) is 6.07 Å². The standard InChI is InChI=1S/C22H24FN7O6/c1-12-25-16(7-17(26-12)21(31)24-8-13-4-5-15(23)18(6-13)33-2)20-27-29-30(28-20)9-14-10-36-19(11-35-14)22(32)34-3/h4-7,14,19H,8-11H2,1-3H3,(H,24,31)/t14-,19+/m1/s1. The molecular weight excluding hydrogens is 477 g/mol. The molecule has 1 N–H and O–H groups in total. The first-order chi connectivity index (χ1) is 17.4. The van der Waals surface area contributed by atoms with Crippen LogP contribution >= 0.6 is 0 Å². The molecule has 1 amide bonds. The maximum atomic E-state index is 13.6. The molecule has 190 valence electrons. The second kappa shape index (κ2) is 11.1. The molecule has 13 nitrogen and oxygen atoms in total. The van der Waals surface area contributed by atoms with E-state index in [9.17, 15) is 14.0 Å². The van der Waals surface area contributed by atoms with Crippen molar-refractivity contribution in [1.29, 1.82) is 0 Å². The van der Waals surface area contributed by atoms with Crippen molar-refractivity contribution in [1.82, 2.24) is 35.5 Å².